The molecule has 2 rings (SSSR count). The maximum absolute atomic E-state index is 9.84. The van der Waals surface area contributed by atoms with Gasteiger partial charge in [0.2, 0.25) is 0 Å². The van der Waals surface area contributed by atoms with Gasteiger partial charge in [0.05, 0.1) is 13.2 Å². The second-order valence-electron chi connectivity index (χ2n) is 5.53. The maximum atomic E-state index is 9.84. The van der Waals surface area contributed by atoms with Crippen LogP contribution in [0.15, 0.2) is 0 Å². The second kappa shape index (κ2) is 8.78. The highest BCUT2D eigenvalue weighted by atomic mass is 16.8. The molecule has 2 heterocycles. The van der Waals surface area contributed by atoms with E-state index in [-0.39, 0.29) is 7.43 Å². The molecule has 0 radical (unpaired) electrons. The Morgan fingerprint density at radius 2 is 0.917 bits per heavy atom. The highest BCUT2D eigenvalue weighted by molar-refractivity contribution is 4.92. The van der Waals surface area contributed by atoms with Crippen LogP contribution in [0.4, 0.5) is 0 Å². The third-order valence-electron chi connectivity index (χ3n) is 3.97. The van der Waals surface area contributed by atoms with Gasteiger partial charge in [-0.05, 0) is 0 Å². The second-order valence-corrected chi connectivity index (χ2v) is 5.53. The van der Waals surface area contributed by atoms with Crippen molar-refractivity contribution in [3.05, 3.63) is 0 Å². The van der Waals surface area contributed by atoms with Gasteiger partial charge in [-0.1, -0.05) is 7.43 Å². The smallest absolute Gasteiger partial charge is 0.189 e. The lowest BCUT2D eigenvalue weighted by molar-refractivity contribution is -0.376. The molecule has 8 N–H and O–H groups in total. The minimum absolute atomic E-state index is 0. The number of ether oxygens (including phenoxy) is 3. The maximum Gasteiger partial charge on any atom is 0.189 e. The van der Waals surface area contributed by atoms with Crippen molar-refractivity contribution in [1.29, 1.82) is 0 Å². The van der Waals surface area contributed by atoms with Gasteiger partial charge in [0.1, 0.15) is 48.8 Å². The molecule has 0 saturated carbocycles. The van der Waals surface area contributed by atoms with Crippen LogP contribution in [0.3, 0.4) is 0 Å². The van der Waals surface area contributed by atoms with Crippen LogP contribution in [-0.4, -0.2) is 115 Å². The Balaban J connectivity index is 0.00000288. The van der Waals surface area contributed by atoms with Gasteiger partial charge >= 0.3 is 0 Å². The van der Waals surface area contributed by atoms with E-state index in [4.69, 9.17) is 24.4 Å². The average Bonchev–Trinajstić information content (AvgIpc) is 2.55. The average molecular weight is 358 g/mol. The van der Waals surface area contributed by atoms with Gasteiger partial charge in [0, 0.05) is 0 Å². The summed E-state index contributed by atoms with van der Waals surface area (Å²) >= 11 is 0. The molecule has 11 heteroatoms. The van der Waals surface area contributed by atoms with Gasteiger partial charge in [0.15, 0.2) is 12.6 Å². The van der Waals surface area contributed by atoms with E-state index in [1.165, 1.54) is 0 Å². The highest BCUT2D eigenvalue weighted by Crippen LogP contribution is 2.27. The van der Waals surface area contributed by atoms with Crippen molar-refractivity contribution in [1.82, 2.24) is 0 Å². The quantitative estimate of drug-likeness (QED) is 0.241. The third-order valence-corrected chi connectivity index (χ3v) is 3.97. The standard InChI is InChI=1S/C12H22O11.CH4/c13-1-3-5(15)7(17)9(19)11(21-3)23-12-10(20)8(18)6(16)4(2-14)22-12;/h3-20H,1-2H2;1H4/t3-,4-,5-,6-,7+,8+,9-,10-,11-,12-;/m1./s1. The molecule has 0 aromatic rings. The zero-order valence-electron chi connectivity index (χ0n) is 12.0. The molecule has 144 valence electrons. The van der Waals surface area contributed by atoms with Crippen molar-refractivity contribution in [3.8, 4) is 0 Å². The van der Waals surface area contributed by atoms with E-state index in [1.54, 1.807) is 0 Å². The van der Waals surface area contributed by atoms with Gasteiger partial charge < -0.3 is 55.1 Å². The topological polar surface area (TPSA) is 190 Å². The zero-order chi connectivity index (χ0) is 17.3. The Morgan fingerprint density at radius 1 is 0.583 bits per heavy atom. The van der Waals surface area contributed by atoms with E-state index in [1.807, 2.05) is 0 Å². The minimum Gasteiger partial charge on any atom is -0.394 e. The van der Waals surface area contributed by atoms with Crippen LogP contribution in [0.2, 0.25) is 0 Å². The number of hydrogen-bond donors (Lipinski definition) is 8. The van der Waals surface area contributed by atoms with Crippen LogP contribution in [0.5, 0.6) is 0 Å². The van der Waals surface area contributed by atoms with Gasteiger partial charge in [0.25, 0.3) is 0 Å². The minimum atomic E-state index is -1.72. The molecule has 2 aliphatic rings. The summed E-state index contributed by atoms with van der Waals surface area (Å²) < 4.78 is 15.3. The molecule has 0 spiro atoms. The zero-order valence-corrected chi connectivity index (χ0v) is 12.0. The normalized spacial score (nSPS) is 49.5. The fraction of sp³-hybridized carbons (Fsp3) is 1.00. The van der Waals surface area contributed by atoms with Crippen molar-refractivity contribution in [2.45, 2.75) is 68.8 Å². The Bertz CT molecular complexity index is 345. The van der Waals surface area contributed by atoms with Crippen LogP contribution < -0.4 is 0 Å². The SMILES string of the molecule is C.OC[C@H]1O[C@H](O[C@H]2O[C@H](CO)[C@@H](O)[C@H](O)[C@H]2O)[C@H](O)[C@@H](O)[C@@H]1O. The van der Waals surface area contributed by atoms with E-state index in [0.29, 0.717) is 0 Å². The lowest BCUT2D eigenvalue weighted by atomic mass is 9.98. The molecule has 10 atom stereocenters. The van der Waals surface area contributed by atoms with Crippen LogP contribution in [0.1, 0.15) is 7.43 Å². The van der Waals surface area contributed by atoms with Crippen LogP contribution in [0.25, 0.3) is 0 Å². The summed E-state index contributed by atoms with van der Waals surface area (Å²) in [4.78, 5) is 0. The molecule has 2 saturated heterocycles. The molecule has 24 heavy (non-hydrogen) atoms. The van der Waals surface area contributed by atoms with Crippen molar-refractivity contribution in [3.63, 3.8) is 0 Å². The van der Waals surface area contributed by atoms with Crippen molar-refractivity contribution in [2.75, 3.05) is 13.2 Å². The molecular weight excluding hydrogens is 332 g/mol. The van der Waals surface area contributed by atoms with E-state index in [9.17, 15) is 30.6 Å². The molecule has 2 aliphatic heterocycles. The largest absolute Gasteiger partial charge is 0.394 e. The van der Waals surface area contributed by atoms with Crippen LogP contribution in [-0.2, 0) is 14.2 Å². The van der Waals surface area contributed by atoms with Gasteiger partial charge in [-0.25, -0.2) is 0 Å². The van der Waals surface area contributed by atoms with Gasteiger partial charge in [-0.15, -0.1) is 0 Å². The molecule has 2 fully saturated rings. The van der Waals surface area contributed by atoms with E-state index in [2.05, 4.69) is 0 Å². The van der Waals surface area contributed by atoms with E-state index >= 15 is 0 Å². The van der Waals surface area contributed by atoms with Crippen molar-refractivity contribution < 1.29 is 55.1 Å². The highest BCUT2D eigenvalue weighted by Gasteiger charge is 2.49. The molecule has 0 aromatic carbocycles. The molecule has 0 amide bonds. The van der Waals surface area contributed by atoms with E-state index < -0.39 is 74.6 Å². The lowest BCUT2D eigenvalue weighted by Crippen LogP contribution is -2.63. The summed E-state index contributed by atoms with van der Waals surface area (Å²) in [6, 6.07) is 0. The first kappa shape index (κ1) is 21.6. The Morgan fingerprint density at radius 3 is 1.21 bits per heavy atom. The molecule has 0 aromatic heterocycles. The number of rotatable bonds is 4. The fourth-order valence-electron chi connectivity index (χ4n) is 2.49. The van der Waals surface area contributed by atoms with Gasteiger partial charge in [-0.2, -0.15) is 0 Å². The summed E-state index contributed by atoms with van der Waals surface area (Å²) in [6.45, 7) is -1.33. The first-order chi connectivity index (χ1) is 10.8. The summed E-state index contributed by atoms with van der Waals surface area (Å²) in [5.41, 5.74) is 0. The summed E-state index contributed by atoms with van der Waals surface area (Å²) in [5.74, 6) is 0. The first-order valence-corrected chi connectivity index (χ1v) is 7.08. The van der Waals surface area contributed by atoms with Gasteiger partial charge in [-0.3, -0.25) is 0 Å². The monoisotopic (exact) mass is 358 g/mol. The lowest BCUT2D eigenvalue weighted by Gasteiger charge is -2.44. The third kappa shape index (κ3) is 4.03. The Kier molecular flexibility index (Phi) is 7.90. The summed E-state index contributed by atoms with van der Waals surface area (Å²) in [7, 11) is 0. The van der Waals surface area contributed by atoms with Crippen LogP contribution >= 0.6 is 0 Å². The number of aliphatic hydroxyl groups excluding tert-OH is 8. The predicted octanol–water partition coefficient (Wildman–Crippen LogP) is -4.76. The number of hydrogen-bond acceptors (Lipinski definition) is 11. The van der Waals surface area contributed by atoms with Crippen molar-refractivity contribution in [2.24, 2.45) is 0 Å². The van der Waals surface area contributed by atoms with Crippen molar-refractivity contribution >= 4 is 0 Å². The molecule has 11 nitrogen and oxygen atoms in total. The first-order valence-electron chi connectivity index (χ1n) is 7.08. The van der Waals surface area contributed by atoms with Crippen LogP contribution in [0, 0.1) is 0 Å². The Labute approximate surface area is 138 Å². The number of aliphatic hydroxyl groups is 8. The molecule has 0 aliphatic carbocycles. The fourth-order valence-corrected chi connectivity index (χ4v) is 2.49. The Hall–Kier alpha value is -0.440. The molecular formula is C13H26O11. The summed E-state index contributed by atoms with van der Waals surface area (Å²) in [5, 5.41) is 76.4. The van der Waals surface area contributed by atoms with E-state index in [0.717, 1.165) is 0 Å². The molecule has 0 unspecified atom stereocenters. The summed E-state index contributed by atoms with van der Waals surface area (Å²) in [6.07, 6.45) is -15.6. The molecule has 0 bridgehead atoms. The predicted molar refractivity (Wildman–Crippen MR) is 75.4 cm³/mol.